The lowest BCUT2D eigenvalue weighted by Crippen LogP contribution is -2.14. The molecule has 92 valence electrons. The molecule has 0 fully saturated rings. The molecule has 0 spiro atoms. The fourth-order valence-corrected chi connectivity index (χ4v) is 1.81. The molecule has 0 unspecified atom stereocenters. The quantitative estimate of drug-likeness (QED) is 0.887. The van der Waals surface area contributed by atoms with Crippen molar-refractivity contribution in [3.63, 3.8) is 0 Å². The molecular weight excluding hydrogens is 296 g/mol. The van der Waals surface area contributed by atoms with E-state index in [4.69, 9.17) is 4.74 Å². The minimum atomic E-state index is -0.277. The monoisotopic (exact) mass is 306 g/mol. The topological polar surface area (TPSA) is 51.2 Å². The number of anilines is 1. The summed E-state index contributed by atoms with van der Waals surface area (Å²) < 4.78 is 5.78. The molecule has 1 heterocycles. The molecule has 0 atom stereocenters. The molecule has 1 aromatic carbocycles. The second kappa shape index (κ2) is 5.64. The highest BCUT2D eigenvalue weighted by Gasteiger charge is 2.10. The number of pyridine rings is 1. The molecule has 18 heavy (non-hydrogen) atoms. The zero-order chi connectivity index (χ0) is 13.0. The average Bonchev–Trinajstić information content (AvgIpc) is 2.39. The maximum atomic E-state index is 12.0. The van der Waals surface area contributed by atoms with Gasteiger partial charge in [-0.25, -0.2) is 4.98 Å². The summed E-state index contributed by atoms with van der Waals surface area (Å²) in [4.78, 5) is 16.1. The van der Waals surface area contributed by atoms with Crippen molar-refractivity contribution in [3.05, 3.63) is 52.8 Å². The number of carbonyl (C=O) groups is 1. The summed E-state index contributed by atoms with van der Waals surface area (Å²) in [5.41, 5.74) is 0.960. The molecule has 0 bridgehead atoms. The van der Waals surface area contributed by atoms with E-state index < -0.39 is 0 Å². The van der Waals surface area contributed by atoms with Crippen LogP contribution in [0.2, 0.25) is 0 Å². The number of carbonyl (C=O) groups excluding carboxylic acids is 1. The number of halogens is 1. The lowest BCUT2D eigenvalue weighted by atomic mass is 10.2. The van der Waals surface area contributed by atoms with Gasteiger partial charge in [0.1, 0.15) is 16.0 Å². The van der Waals surface area contributed by atoms with E-state index in [0.29, 0.717) is 21.7 Å². The van der Waals surface area contributed by atoms with Crippen LogP contribution in [0.4, 0.5) is 5.69 Å². The first kappa shape index (κ1) is 12.6. The molecule has 0 aliphatic heterocycles. The van der Waals surface area contributed by atoms with Crippen LogP contribution in [0.1, 0.15) is 10.5 Å². The van der Waals surface area contributed by atoms with Crippen LogP contribution in [0.5, 0.6) is 5.75 Å². The Balaban J connectivity index is 2.21. The molecule has 2 rings (SSSR count). The number of amides is 1. The highest BCUT2D eigenvalue weighted by atomic mass is 79.9. The molecule has 0 saturated carbocycles. The number of aromatic nitrogens is 1. The predicted octanol–water partition coefficient (Wildman–Crippen LogP) is 3.11. The van der Waals surface area contributed by atoms with E-state index in [0.717, 1.165) is 0 Å². The summed E-state index contributed by atoms with van der Waals surface area (Å²) in [6.45, 7) is 0. The van der Waals surface area contributed by atoms with Crippen LogP contribution in [-0.4, -0.2) is 18.0 Å². The van der Waals surface area contributed by atoms with Crippen molar-refractivity contribution in [3.8, 4) is 5.75 Å². The number of rotatable bonds is 3. The molecule has 2 aromatic rings. The molecule has 0 radical (unpaired) electrons. The molecular formula is C13H11BrN2O2. The van der Waals surface area contributed by atoms with Gasteiger partial charge in [-0.05, 0) is 40.2 Å². The number of hydrogen-bond acceptors (Lipinski definition) is 3. The van der Waals surface area contributed by atoms with E-state index in [9.17, 15) is 4.79 Å². The summed E-state index contributed by atoms with van der Waals surface area (Å²) in [5.74, 6) is 0.335. The van der Waals surface area contributed by atoms with Gasteiger partial charge in [0.15, 0.2) is 0 Å². The number of benzene rings is 1. The number of para-hydroxylation sites is 2. The standard InChI is InChI=1S/C13H11BrN2O2/c1-18-11-7-3-2-5-9(11)16-13(17)10-6-4-8-12(14)15-10/h2-8H,1H3,(H,16,17). The van der Waals surface area contributed by atoms with Crippen molar-refractivity contribution >= 4 is 27.5 Å². The molecule has 1 aromatic heterocycles. The maximum Gasteiger partial charge on any atom is 0.274 e. The second-order valence-corrected chi connectivity index (χ2v) is 4.31. The first-order valence-electron chi connectivity index (χ1n) is 5.27. The van der Waals surface area contributed by atoms with Gasteiger partial charge in [-0.1, -0.05) is 18.2 Å². The van der Waals surface area contributed by atoms with E-state index in [1.54, 1.807) is 37.4 Å². The van der Waals surface area contributed by atoms with Crippen LogP contribution in [-0.2, 0) is 0 Å². The summed E-state index contributed by atoms with van der Waals surface area (Å²) in [6.07, 6.45) is 0. The average molecular weight is 307 g/mol. The molecule has 4 nitrogen and oxygen atoms in total. The summed E-state index contributed by atoms with van der Waals surface area (Å²) >= 11 is 3.23. The molecule has 1 N–H and O–H groups in total. The normalized spacial score (nSPS) is 9.89. The van der Waals surface area contributed by atoms with Crippen LogP contribution >= 0.6 is 15.9 Å². The van der Waals surface area contributed by atoms with Gasteiger partial charge in [-0.2, -0.15) is 0 Å². The Hall–Kier alpha value is -1.88. The van der Waals surface area contributed by atoms with Crippen LogP contribution < -0.4 is 10.1 Å². The lowest BCUT2D eigenvalue weighted by molar-refractivity contribution is 0.102. The first-order chi connectivity index (χ1) is 8.70. The Morgan fingerprint density at radius 2 is 2.00 bits per heavy atom. The Morgan fingerprint density at radius 1 is 1.22 bits per heavy atom. The number of hydrogen-bond donors (Lipinski definition) is 1. The number of nitrogens with one attached hydrogen (secondary N) is 1. The van der Waals surface area contributed by atoms with Gasteiger partial charge in [-0.3, -0.25) is 4.79 Å². The van der Waals surface area contributed by atoms with E-state index >= 15 is 0 Å². The summed E-state index contributed by atoms with van der Waals surface area (Å²) in [5, 5.41) is 2.76. The third-order valence-electron chi connectivity index (χ3n) is 2.30. The van der Waals surface area contributed by atoms with Crippen LogP contribution in [0.3, 0.4) is 0 Å². The third kappa shape index (κ3) is 2.87. The van der Waals surface area contributed by atoms with E-state index in [1.165, 1.54) is 0 Å². The minimum absolute atomic E-state index is 0.277. The molecule has 1 amide bonds. The number of ether oxygens (including phenoxy) is 1. The van der Waals surface area contributed by atoms with Crippen molar-refractivity contribution in [1.29, 1.82) is 0 Å². The second-order valence-electron chi connectivity index (χ2n) is 3.50. The third-order valence-corrected chi connectivity index (χ3v) is 2.74. The Kier molecular flexibility index (Phi) is 3.94. The number of nitrogens with zero attached hydrogens (tertiary/aromatic N) is 1. The number of methoxy groups -OCH3 is 1. The van der Waals surface area contributed by atoms with Crippen molar-refractivity contribution in [2.24, 2.45) is 0 Å². The highest BCUT2D eigenvalue weighted by Crippen LogP contribution is 2.23. The first-order valence-corrected chi connectivity index (χ1v) is 6.07. The van der Waals surface area contributed by atoms with Gasteiger partial charge in [0, 0.05) is 0 Å². The van der Waals surface area contributed by atoms with Crippen molar-refractivity contribution < 1.29 is 9.53 Å². The van der Waals surface area contributed by atoms with Gasteiger partial charge in [-0.15, -0.1) is 0 Å². The largest absolute Gasteiger partial charge is 0.495 e. The Bertz CT molecular complexity index is 572. The fourth-order valence-electron chi connectivity index (χ4n) is 1.47. The van der Waals surface area contributed by atoms with Gasteiger partial charge < -0.3 is 10.1 Å². The zero-order valence-electron chi connectivity index (χ0n) is 9.68. The van der Waals surface area contributed by atoms with E-state index in [1.807, 2.05) is 12.1 Å². The smallest absolute Gasteiger partial charge is 0.274 e. The van der Waals surface area contributed by atoms with Crippen LogP contribution in [0, 0.1) is 0 Å². The fraction of sp³-hybridized carbons (Fsp3) is 0.0769. The SMILES string of the molecule is COc1ccccc1NC(=O)c1cccc(Br)n1. The van der Waals surface area contributed by atoms with Crippen molar-refractivity contribution in [1.82, 2.24) is 4.98 Å². The van der Waals surface area contributed by atoms with Crippen LogP contribution in [0.25, 0.3) is 0 Å². The minimum Gasteiger partial charge on any atom is -0.495 e. The molecule has 0 aliphatic carbocycles. The molecule has 5 heteroatoms. The van der Waals surface area contributed by atoms with Gasteiger partial charge in [0.25, 0.3) is 5.91 Å². The van der Waals surface area contributed by atoms with E-state index in [2.05, 4.69) is 26.2 Å². The zero-order valence-corrected chi connectivity index (χ0v) is 11.3. The van der Waals surface area contributed by atoms with E-state index in [-0.39, 0.29) is 5.91 Å². The van der Waals surface area contributed by atoms with Crippen LogP contribution in [0.15, 0.2) is 47.1 Å². The molecule has 0 aliphatic rings. The predicted molar refractivity (Wildman–Crippen MR) is 72.9 cm³/mol. The van der Waals surface area contributed by atoms with Crippen molar-refractivity contribution in [2.75, 3.05) is 12.4 Å². The Labute approximate surface area is 113 Å². The summed E-state index contributed by atoms with van der Waals surface area (Å²) in [7, 11) is 1.56. The Morgan fingerprint density at radius 3 is 2.72 bits per heavy atom. The molecule has 0 saturated heterocycles. The van der Waals surface area contributed by atoms with Crippen molar-refractivity contribution in [2.45, 2.75) is 0 Å². The van der Waals surface area contributed by atoms with Gasteiger partial charge in [0.2, 0.25) is 0 Å². The summed E-state index contributed by atoms with van der Waals surface area (Å²) in [6, 6.07) is 12.4. The van der Waals surface area contributed by atoms with Gasteiger partial charge in [0.05, 0.1) is 12.8 Å². The maximum absolute atomic E-state index is 12.0. The van der Waals surface area contributed by atoms with Gasteiger partial charge >= 0.3 is 0 Å². The highest BCUT2D eigenvalue weighted by molar-refractivity contribution is 9.10. The lowest BCUT2D eigenvalue weighted by Gasteiger charge is -2.09.